The molecule has 2 saturated heterocycles. The van der Waals surface area contributed by atoms with Crippen molar-refractivity contribution in [2.75, 3.05) is 13.1 Å². The zero-order valence-electron chi connectivity index (χ0n) is 26.0. The van der Waals surface area contributed by atoms with Crippen LogP contribution in [-0.4, -0.2) is 70.5 Å². The number of nitrogens with zero attached hydrogens (tertiary/aromatic N) is 2. The summed E-state index contributed by atoms with van der Waals surface area (Å²) in [6, 6.07) is 4.87. The molecule has 6 atom stereocenters. The first-order valence-corrected chi connectivity index (χ1v) is 16.0. The fourth-order valence-electron chi connectivity index (χ4n) is 6.71. The van der Waals surface area contributed by atoms with Gasteiger partial charge in [0.15, 0.2) is 5.01 Å². The topological polar surface area (TPSA) is 138 Å². The molecule has 11 heteroatoms. The maximum absolute atomic E-state index is 14.2. The molecule has 3 heterocycles. The van der Waals surface area contributed by atoms with E-state index in [9.17, 15) is 24.0 Å². The van der Waals surface area contributed by atoms with E-state index in [0.29, 0.717) is 25.0 Å². The Kier molecular flexibility index (Phi) is 8.17. The highest BCUT2D eigenvalue weighted by Crippen LogP contribution is 2.65. The Labute approximate surface area is 256 Å². The summed E-state index contributed by atoms with van der Waals surface area (Å²) in [6.07, 6.45) is 0.729. The predicted octanol–water partition coefficient (Wildman–Crippen LogP) is 3.16. The zero-order chi connectivity index (χ0) is 31.4. The third kappa shape index (κ3) is 5.92. The minimum atomic E-state index is -0.973. The van der Waals surface area contributed by atoms with Crippen LogP contribution in [0.25, 0.3) is 10.2 Å². The number of likely N-dealkylation sites (tertiary alicyclic amines) is 1. The number of thiazole rings is 1. The van der Waals surface area contributed by atoms with Crippen LogP contribution in [0.5, 0.6) is 0 Å². The molecule has 5 rings (SSSR count). The summed E-state index contributed by atoms with van der Waals surface area (Å²) in [5.41, 5.74) is -0.0346. The van der Waals surface area contributed by atoms with Crippen LogP contribution in [0.3, 0.4) is 0 Å². The van der Waals surface area contributed by atoms with E-state index in [1.54, 1.807) is 18.7 Å². The normalized spacial score (nSPS) is 25.7. The first-order chi connectivity index (χ1) is 20.1. The van der Waals surface area contributed by atoms with E-state index in [0.717, 1.165) is 4.70 Å². The fraction of sp³-hybridized carbons (Fsp3) is 0.625. The molecule has 3 aliphatic rings. The van der Waals surface area contributed by atoms with E-state index in [1.807, 2.05) is 45.0 Å². The van der Waals surface area contributed by atoms with Gasteiger partial charge >= 0.3 is 0 Å². The number of benzene rings is 1. The molecule has 43 heavy (non-hydrogen) atoms. The molecular formula is C32H43N5O5S. The number of piperidine rings is 1. The van der Waals surface area contributed by atoms with Gasteiger partial charge in [-0.25, -0.2) is 4.98 Å². The van der Waals surface area contributed by atoms with E-state index in [4.69, 9.17) is 0 Å². The molecule has 0 unspecified atom stereocenters. The lowest BCUT2D eigenvalue weighted by Gasteiger charge is -2.38. The van der Waals surface area contributed by atoms with Crippen molar-refractivity contribution in [1.29, 1.82) is 0 Å². The van der Waals surface area contributed by atoms with Gasteiger partial charge in [0.1, 0.15) is 12.1 Å². The lowest BCUT2D eigenvalue weighted by molar-refractivity contribution is -0.146. The average Bonchev–Trinajstić information content (AvgIpc) is 3.45. The first-order valence-electron chi connectivity index (χ1n) is 15.2. The molecule has 0 spiro atoms. The Morgan fingerprint density at radius 2 is 1.84 bits per heavy atom. The van der Waals surface area contributed by atoms with Gasteiger partial charge in [-0.05, 0) is 47.6 Å². The number of hydrogen-bond acceptors (Lipinski definition) is 7. The van der Waals surface area contributed by atoms with Gasteiger partial charge in [-0.15, -0.1) is 11.3 Å². The van der Waals surface area contributed by atoms with Gasteiger partial charge in [0.05, 0.1) is 16.3 Å². The van der Waals surface area contributed by atoms with E-state index in [1.165, 1.54) is 11.3 Å². The van der Waals surface area contributed by atoms with Crippen molar-refractivity contribution in [1.82, 2.24) is 25.8 Å². The van der Waals surface area contributed by atoms with Crippen LogP contribution >= 0.6 is 11.3 Å². The number of carbonyl (C=O) groups excluding carboxylic acids is 5. The van der Waals surface area contributed by atoms with Crippen molar-refractivity contribution in [3.8, 4) is 0 Å². The predicted molar refractivity (Wildman–Crippen MR) is 164 cm³/mol. The number of Topliss-reactive ketones (excluding diaryl/α,β-unsaturated/α-hetero) is 1. The standard InChI is InChI=1S/C32H43N5O5S/c1-16(2)26(39)36-25(31(3,4)5)30(42)37-15-18-22(32(18,6)7)23(37)28(41)34-20(14-17-12-13-33-27(17)40)24(38)29-35-19-10-8-9-11-21(19)43-29/h8-11,16-18,20,22-23,25H,12-15H2,1-7H3,(H,33,40)(H,34,41)(H,36,39)/t17-,18-,20-,22-,23-,25+/m0/s1. The van der Waals surface area contributed by atoms with Gasteiger partial charge in [-0.1, -0.05) is 60.6 Å². The van der Waals surface area contributed by atoms with Gasteiger partial charge < -0.3 is 20.9 Å². The van der Waals surface area contributed by atoms with Crippen LogP contribution in [0, 0.1) is 34.5 Å². The molecular weight excluding hydrogens is 566 g/mol. The second-order valence-corrected chi connectivity index (χ2v) is 15.3. The monoisotopic (exact) mass is 609 g/mol. The summed E-state index contributed by atoms with van der Waals surface area (Å²) in [7, 11) is 0. The lowest BCUT2D eigenvalue weighted by Crippen LogP contribution is -2.60. The number of ketones is 1. The number of hydrogen-bond donors (Lipinski definition) is 3. The van der Waals surface area contributed by atoms with E-state index >= 15 is 0 Å². The van der Waals surface area contributed by atoms with Gasteiger partial charge in [0, 0.05) is 24.9 Å². The highest BCUT2D eigenvalue weighted by Gasteiger charge is 2.70. The van der Waals surface area contributed by atoms with E-state index in [-0.39, 0.29) is 58.1 Å². The first kappa shape index (κ1) is 31.1. The summed E-state index contributed by atoms with van der Waals surface area (Å²) in [5, 5.41) is 9.00. The Bertz CT molecular complexity index is 1430. The molecule has 2 aliphatic heterocycles. The average molecular weight is 610 g/mol. The van der Waals surface area contributed by atoms with Gasteiger partial charge in [-0.3, -0.25) is 24.0 Å². The number of carbonyl (C=O) groups is 5. The van der Waals surface area contributed by atoms with Crippen LogP contribution in [0.15, 0.2) is 24.3 Å². The van der Waals surface area contributed by atoms with E-state index < -0.39 is 35.4 Å². The van der Waals surface area contributed by atoms with Crippen molar-refractivity contribution in [3.05, 3.63) is 29.3 Å². The largest absolute Gasteiger partial charge is 0.356 e. The Balaban J connectivity index is 1.43. The minimum Gasteiger partial charge on any atom is -0.356 e. The Hall–Kier alpha value is -3.34. The highest BCUT2D eigenvalue weighted by molar-refractivity contribution is 7.20. The van der Waals surface area contributed by atoms with Crippen LogP contribution in [0.1, 0.15) is 71.1 Å². The number of para-hydroxylation sites is 1. The molecule has 0 bridgehead atoms. The number of nitrogens with one attached hydrogen (secondary N) is 3. The summed E-state index contributed by atoms with van der Waals surface area (Å²) in [6.45, 7) is 14.4. The van der Waals surface area contributed by atoms with Crippen molar-refractivity contribution in [3.63, 3.8) is 0 Å². The number of rotatable bonds is 9. The van der Waals surface area contributed by atoms with Crippen LogP contribution in [-0.2, 0) is 19.2 Å². The van der Waals surface area contributed by atoms with Crippen LogP contribution in [0.2, 0.25) is 0 Å². The minimum absolute atomic E-state index is 0.0779. The highest BCUT2D eigenvalue weighted by atomic mass is 32.1. The summed E-state index contributed by atoms with van der Waals surface area (Å²) in [5.74, 6) is -2.06. The number of fused-ring (bicyclic) bond motifs is 2. The van der Waals surface area contributed by atoms with Gasteiger partial charge in [-0.2, -0.15) is 0 Å². The SMILES string of the molecule is CC(C)C(=O)N[C@H](C(=O)N1C[C@H]2[C@@H]([C@H]1C(=O)N[C@@H](C[C@@H]1CCNC1=O)C(=O)c1nc3ccccc3s1)C2(C)C)C(C)(C)C. The molecule has 2 aromatic rings. The van der Waals surface area contributed by atoms with Crippen molar-refractivity contribution in [2.24, 2.45) is 34.5 Å². The van der Waals surface area contributed by atoms with Crippen LogP contribution < -0.4 is 16.0 Å². The quantitative estimate of drug-likeness (QED) is 0.374. The van der Waals surface area contributed by atoms with E-state index in [2.05, 4.69) is 34.8 Å². The molecule has 1 aromatic heterocycles. The number of aromatic nitrogens is 1. The van der Waals surface area contributed by atoms with Crippen molar-refractivity contribution >= 4 is 51.0 Å². The molecule has 0 radical (unpaired) electrons. The summed E-state index contributed by atoms with van der Waals surface area (Å²) >= 11 is 1.26. The molecule has 1 aliphatic carbocycles. The molecule has 10 nitrogen and oxygen atoms in total. The second kappa shape index (κ2) is 11.3. The summed E-state index contributed by atoms with van der Waals surface area (Å²) in [4.78, 5) is 73.5. The van der Waals surface area contributed by atoms with Crippen LogP contribution in [0.4, 0.5) is 0 Å². The lowest BCUT2D eigenvalue weighted by atomic mass is 9.84. The molecule has 1 saturated carbocycles. The molecule has 3 N–H and O–H groups in total. The fourth-order valence-corrected chi connectivity index (χ4v) is 7.67. The number of amides is 4. The second-order valence-electron chi connectivity index (χ2n) is 14.3. The third-order valence-corrected chi connectivity index (χ3v) is 10.6. The van der Waals surface area contributed by atoms with Gasteiger partial charge in [0.25, 0.3) is 0 Å². The van der Waals surface area contributed by atoms with Gasteiger partial charge in [0.2, 0.25) is 29.4 Å². The Morgan fingerprint density at radius 3 is 2.44 bits per heavy atom. The smallest absolute Gasteiger partial charge is 0.246 e. The molecule has 232 valence electrons. The third-order valence-electron chi connectivity index (χ3n) is 9.50. The molecule has 1 aromatic carbocycles. The van der Waals surface area contributed by atoms with Crippen molar-refractivity contribution in [2.45, 2.75) is 79.4 Å². The Morgan fingerprint density at radius 1 is 1.14 bits per heavy atom. The zero-order valence-corrected chi connectivity index (χ0v) is 26.8. The molecule has 4 amide bonds. The van der Waals surface area contributed by atoms with Crippen molar-refractivity contribution < 1.29 is 24.0 Å². The molecule has 3 fully saturated rings. The maximum Gasteiger partial charge on any atom is 0.246 e. The maximum atomic E-state index is 14.2. The summed E-state index contributed by atoms with van der Waals surface area (Å²) < 4.78 is 0.862.